The van der Waals surface area contributed by atoms with Crippen LogP contribution < -0.4 is 9.62 Å². The van der Waals surface area contributed by atoms with Gasteiger partial charge in [-0.25, -0.2) is 8.42 Å². The molecule has 0 fully saturated rings. The third-order valence-electron chi connectivity index (χ3n) is 6.31. The summed E-state index contributed by atoms with van der Waals surface area (Å²) in [6.07, 6.45) is 1.10. The summed E-state index contributed by atoms with van der Waals surface area (Å²) in [4.78, 5) is 28.7. The minimum atomic E-state index is -4.07. The zero-order valence-corrected chi connectivity index (χ0v) is 23.5. The van der Waals surface area contributed by atoms with Crippen molar-refractivity contribution in [3.05, 3.63) is 95.5 Å². The zero-order chi connectivity index (χ0) is 27.7. The lowest BCUT2D eigenvalue weighted by molar-refractivity contribution is -0.140. The summed E-state index contributed by atoms with van der Waals surface area (Å²) in [5.41, 5.74) is 1.13. The molecule has 202 valence electrons. The maximum Gasteiger partial charge on any atom is 0.264 e. The number of hydrogen-bond donors (Lipinski definition) is 1. The number of benzene rings is 3. The predicted molar refractivity (Wildman–Crippen MR) is 151 cm³/mol. The maximum absolute atomic E-state index is 14.0. The molecule has 2 atom stereocenters. The Labute approximate surface area is 230 Å². The second kappa shape index (κ2) is 13.4. The van der Waals surface area contributed by atoms with E-state index in [1.54, 1.807) is 72.8 Å². The van der Waals surface area contributed by atoms with Crippen molar-refractivity contribution in [2.75, 3.05) is 10.8 Å². The highest BCUT2D eigenvalue weighted by Crippen LogP contribution is 2.24. The second-order valence-corrected chi connectivity index (χ2v) is 11.3. The molecule has 0 unspecified atom stereocenters. The topological polar surface area (TPSA) is 86.8 Å². The van der Waals surface area contributed by atoms with Gasteiger partial charge in [0.05, 0.1) is 10.6 Å². The molecule has 0 aliphatic carbocycles. The fourth-order valence-corrected chi connectivity index (χ4v) is 5.55. The normalized spacial score (nSPS) is 12.8. The molecule has 0 radical (unpaired) electrons. The Kier molecular flexibility index (Phi) is 10.3. The number of hydrogen-bond acceptors (Lipinski definition) is 4. The van der Waals surface area contributed by atoms with Gasteiger partial charge in [-0.2, -0.15) is 0 Å². The number of nitrogens with one attached hydrogen (secondary N) is 1. The highest BCUT2D eigenvalue weighted by atomic mass is 35.5. The van der Waals surface area contributed by atoms with Crippen LogP contribution in [0.2, 0.25) is 5.02 Å². The van der Waals surface area contributed by atoms with Gasteiger partial charge in [-0.05, 0) is 61.7 Å². The quantitative estimate of drug-likeness (QED) is 0.330. The molecule has 9 heteroatoms. The maximum atomic E-state index is 14.0. The van der Waals surface area contributed by atoms with Crippen molar-refractivity contribution in [2.45, 2.75) is 57.1 Å². The average molecular weight is 556 g/mol. The number of halogens is 1. The Hall–Kier alpha value is -3.36. The van der Waals surface area contributed by atoms with Gasteiger partial charge in [-0.15, -0.1) is 0 Å². The number of nitrogens with zero attached hydrogens (tertiary/aromatic N) is 2. The molecular formula is C29H34ClN3O4S. The number of anilines is 1. The van der Waals surface area contributed by atoms with E-state index in [9.17, 15) is 18.0 Å². The zero-order valence-electron chi connectivity index (χ0n) is 21.9. The van der Waals surface area contributed by atoms with Crippen LogP contribution in [-0.4, -0.2) is 43.8 Å². The Balaban J connectivity index is 2.01. The van der Waals surface area contributed by atoms with Crippen molar-refractivity contribution in [2.24, 2.45) is 0 Å². The van der Waals surface area contributed by atoms with Crippen LogP contribution in [0.1, 0.15) is 39.2 Å². The molecule has 0 saturated heterocycles. The number of carbonyl (C=O) groups is 2. The molecule has 0 heterocycles. The molecule has 0 aliphatic heterocycles. The van der Waals surface area contributed by atoms with E-state index in [2.05, 4.69) is 5.32 Å². The first kappa shape index (κ1) is 29.2. The van der Waals surface area contributed by atoms with Crippen LogP contribution >= 0.6 is 11.6 Å². The number of sulfonamides is 1. The standard InChI is InChI=1S/C29H34ClN3O4S/c1-4-22(3)31-29(35)27(5-2)32(20-23-16-18-24(30)19-17-23)28(34)21-33(25-12-8-6-9-13-25)38(36,37)26-14-10-7-11-15-26/h6-19,22,27H,4-5,20-21H2,1-3H3,(H,31,35)/t22-,27-/m0/s1. The van der Waals surface area contributed by atoms with E-state index in [0.29, 0.717) is 17.1 Å². The van der Waals surface area contributed by atoms with Crippen LogP contribution in [0.4, 0.5) is 5.69 Å². The number of amides is 2. The van der Waals surface area contributed by atoms with Gasteiger partial charge in [0.2, 0.25) is 11.8 Å². The first-order chi connectivity index (χ1) is 18.2. The minimum Gasteiger partial charge on any atom is -0.352 e. The fourth-order valence-electron chi connectivity index (χ4n) is 3.99. The molecule has 1 N–H and O–H groups in total. The average Bonchev–Trinajstić information content (AvgIpc) is 2.93. The van der Waals surface area contributed by atoms with Crippen molar-refractivity contribution in [1.29, 1.82) is 0 Å². The van der Waals surface area contributed by atoms with Crippen LogP contribution in [0.5, 0.6) is 0 Å². The highest BCUT2D eigenvalue weighted by molar-refractivity contribution is 7.92. The van der Waals surface area contributed by atoms with Gasteiger partial charge < -0.3 is 10.2 Å². The summed E-state index contributed by atoms with van der Waals surface area (Å²) in [5, 5.41) is 3.52. The molecule has 0 saturated carbocycles. The monoisotopic (exact) mass is 555 g/mol. The molecule has 3 aromatic carbocycles. The molecule has 7 nitrogen and oxygen atoms in total. The molecular weight excluding hydrogens is 522 g/mol. The third kappa shape index (κ3) is 7.36. The van der Waals surface area contributed by atoms with Gasteiger partial charge in [0.25, 0.3) is 10.0 Å². The molecule has 3 rings (SSSR count). The predicted octanol–water partition coefficient (Wildman–Crippen LogP) is 5.26. The summed E-state index contributed by atoms with van der Waals surface area (Å²) < 4.78 is 28.5. The molecule has 3 aromatic rings. The van der Waals surface area contributed by atoms with Gasteiger partial charge in [-0.1, -0.05) is 74.0 Å². The summed E-state index contributed by atoms with van der Waals surface area (Å²) in [6.45, 7) is 5.35. The Bertz CT molecular complexity index is 1300. The van der Waals surface area contributed by atoms with E-state index in [1.165, 1.54) is 17.0 Å². The largest absolute Gasteiger partial charge is 0.352 e. The lowest BCUT2D eigenvalue weighted by Crippen LogP contribution is -2.53. The van der Waals surface area contributed by atoms with E-state index < -0.39 is 28.5 Å². The first-order valence-electron chi connectivity index (χ1n) is 12.6. The van der Waals surface area contributed by atoms with E-state index in [4.69, 9.17) is 11.6 Å². The molecule has 38 heavy (non-hydrogen) atoms. The number of rotatable bonds is 12. The Morgan fingerprint density at radius 2 is 1.45 bits per heavy atom. The van der Waals surface area contributed by atoms with Crippen LogP contribution in [0.3, 0.4) is 0 Å². The van der Waals surface area contributed by atoms with Crippen molar-refractivity contribution in [1.82, 2.24) is 10.2 Å². The smallest absolute Gasteiger partial charge is 0.264 e. The van der Waals surface area contributed by atoms with Crippen molar-refractivity contribution in [3.63, 3.8) is 0 Å². The van der Waals surface area contributed by atoms with E-state index in [0.717, 1.165) is 16.3 Å². The van der Waals surface area contributed by atoms with Gasteiger partial charge in [0.1, 0.15) is 12.6 Å². The van der Waals surface area contributed by atoms with Crippen LogP contribution in [0.15, 0.2) is 89.8 Å². The van der Waals surface area contributed by atoms with E-state index >= 15 is 0 Å². The van der Waals surface area contributed by atoms with E-state index in [-0.39, 0.29) is 23.4 Å². The fraction of sp³-hybridized carbons (Fsp3) is 0.310. The third-order valence-corrected chi connectivity index (χ3v) is 8.35. The van der Waals surface area contributed by atoms with E-state index in [1.807, 2.05) is 20.8 Å². The van der Waals surface area contributed by atoms with Crippen LogP contribution in [0.25, 0.3) is 0 Å². The summed E-state index contributed by atoms with van der Waals surface area (Å²) >= 11 is 6.05. The molecule has 0 aliphatic rings. The lowest BCUT2D eigenvalue weighted by Gasteiger charge is -2.33. The lowest BCUT2D eigenvalue weighted by atomic mass is 10.1. The molecule has 0 spiro atoms. The van der Waals surface area contributed by atoms with Crippen molar-refractivity contribution < 1.29 is 18.0 Å². The molecule has 0 bridgehead atoms. The summed E-state index contributed by atoms with van der Waals surface area (Å²) in [6, 6.07) is 22.6. The van der Waals surface area contributed by atoms with Gasteiger partial charge >= 0.3 is 0 Å². The minimum absolute atomic E-state index is 0.0664. The number of carbonyl (C=O) groups excluding carboxylic acids is 2. The SMILES string of the molecule is CC[C@H](C)NC(=O)[C@H](CC)N(Cc1ccc(Cl)cc1)C(=O)CN(c1ccccc1)S(=O)(=O)c1ccccc1. The Morgan fingerprint density at radius 1 is 0.868 bits per heavy atom. The van der Waals surface area contributed by atoms with Crippen molar-refractivity contribution in [3.8, 4) is 0 Å². The summed E-state index contributed by atoms with van der Waals surface area (Å²) in [5.74, 6) is -0.768. The molecule has 2 amide bonds. The summed E-state index contributed by atoms with van der Waals surface area (Å²) in [7, 11) is -4.07. The van der Waals surface area contributed by atoms with Gasteiger partial charge in [-0.3, -0.25) is 13.9 Å². The number of para-hydroxylation sites is 1. The van der Waals surface area contributed by atoms with Crippen LogP contribution in [0, 0.1) is 0 Å². The van der Waals surface area contributed by atoms with Gasteiger partial charge in [0, 0.05) is 17.6 Å². The second-order valence-electron chi connectivity index (χ2n) is 9.05. The highest BCUT2D eigenvalue weighted by Gasteiger charge is 2.33. The Morgan fingerprint density at radius 3 is 2.00 bits per heavy atom. The first-order valence-corrected chi connectivity index (χ1v) is 14.5. The van der Waals surface area contributed by atoms with Crippen LogP contribution in [-0.2, 0) is 26.2 Å². The van der Waals surface area contributed by atoms with Crippen molar-refractivity contribution >= 4 is 39.1 Å². The molecule has 0 aromatic heterocycles. The van der Waals surface area contributed by atoms with Gasteiger partial charge in [0.15, 0.2) is 0 Å².